The van der Waals surface area contributed by atoms with Crippen LogP contribution < -0.4 is 19.8 Å². The molecule has 0 radical (unpaired) electrons. The summed E-state index contributed by atoms with van der Waals surface area (Å²) in [6, 6.07) is 5.48. The molecular weight excluding hydrogens is 392 g/mol. The summed E-state index contributed by atoms with van der Waals surface area (Å²) < 4.78 is 22.5. The second-order valence-corrected chi connectivity index (χ2v) is 7.75. The lowest BCUT2D eigenvalue weighted by Crippen LogP contribution is -2.10. The number of ether oxygens (including phenoxy) is 3. The Kier molecular flexibility index (Phi) is 11.7. The fourth-order valence-electron chi connectivity index (χ4n) is 3.49. The van der Waals surface area contributed by atoms with Gasteiger partial charge in [0.25, 0.3) is 0 Å². The monoisotopic (exact) mass is 430 g/mol. The Morgan fingerprint density at radius 2 is 1.61 bits per heavy atom. The van der Waals surface area contributed by atoms with Gasteiger partial charge in [-0.2, -0.15) is 0 Å². The molecule has 0 atom stereocenters. The van der Waals surface area contributed by atoms with Crippen molar-refractivity contribution >= 4 is 11.0 Å². The normalized spacial score (nSPS) is 11.3. The SMILES string of the molecule is CCC=CCCOc1c(OC)c2ccc(OCCCCCCCCCC)cc2oc1=O. The van der Waals surface area contributed by atoms with E-state index in [1.165, 1.54) is 52.1 Å². The van der Waals surface area contributed by atoms with Crippen molar-refractivity contribution in [2.75, 3.05) is 20.3 Å². The maximum atomic E-state index is 12.4. The molecule has 0 N–H and O–H groups in total. The van der Waals surface area contributed by atoms with E-state index >= 15 is 0 Å². The zero-order chi connectivity index (χ0) is 22.3. The minimum Gasteiger partial charge on any atom is -0.493 e. The predicted molar refractivity (Wildman–Crippen MR) is 127 cm³/mol. The van der Waals surface area contributed by atoms with Crippen LogP contribution in [0.5, 0.6) is 17.2 Å². The van der Waals surface area contributed by atoms with E-state index in [9.17, 15) is 4.79 Å². The Balaban J connectivity index is 1.91. The predicted octanol–water partition coefficient (Wildman–Crippen LogP) is 7.06. The van der Waals surface area contributed by atoms with Gasteiger partial charge in [-0.25, -0.2) is 4.79 Å². The van der Waals surface area contributed by atoms with E-state index in [0.29, 0.717) is 35.7 Å². The fourth-order valence-corrected chi connectivity index (χ4v) is 3.49. The van der Waals surface area contributed by atoms with Gasteiger partial charge in [-0.3, -0.25) is 0 Å². The minimum absolute atomic E-state index is 0.118. The Labute approximate surface area is 186 Å². The molecule has 31 heavy (non-hydrogen) atoms. The molecule has 0 bridgehead atoms. The third kappa shape index (κ3) is 8.31. The third-order valence-electron chi connectivity index (χ3n) is 5.20. The highest BCUT2D eigenvalue weighted by atomic mass is 16.5. The molecule has 0 fully saturated rings. The molecule has 0 unspecified atom stereocenters. The summed E-state index contributed by atoms with van der Waals surface area (Å²) in [5.41, 5.74) is -0.0995. The standard InChI is InChI=1S/C26H38O5/c1-4-6-8-10-11-12-13-15-18-29-21-16-17-22-23(20-21)31-26(27)25(24(22)28-3)30-19-14-9-7-5-2/h7,9,16-17,20H,4-6,8,10-15,18-19H2,1-3H3. The van der Waals surface area contributed by atoms with E-state index < -0.39 is 5.63 Å². The van der Waals surface area contributed by atoms with E-state index in [2.05, 4.69) is 19.9 Å². The van der Waals surface area contributed by atoms with Crippen LogP contribution >= 0.6 is 0 Å². The molecule has 172 valence electrons. The van der Waals surface area contributed by atoms with Gasteiger partial charge in [0.2, 0.25) is 5.75 Å². The molecular formula is C26H38O5. The Bertz CT molecular complexity index is 853. The third-order valence-corrected chi connectivity index (χ3v) is 5.20. The van der Waals surface area contributed by atoms with E-state index in [1.807, 2.05) is 18.2 Å². The molecule has 2 rings (SSSR count). The largest absolute Gasteiger partial charge is 0.493 e. The van der Waals surface area contributed by atoms with Crippen LogP contribution in [0, 0.1) is 0 Å². The number of allylic oxidation sites excluding steroid dienone is 1. The highest BCUT2D eigenvalue weighted by Gasteiger charge is 2.17. The average Bonchev–Trinajstić information content (AvgIpc) is 2.77. The zero-order valence-corrected chi connectivity index (χ0v) is 19.4. The van der Waals surface area contributed by atoms with Crippen LogP contribution in [-0.2, 0) is 0 Å². The van der Waals surface area contributed by atoms with Crippen molar-refractivity contribution < 1.29 is 18.6 Å². The number of hydrogen-bond acceptors (Lipinski definition) is 5. The van der Waals surface area contributed by atoms with Gasteiger partial charge in [0.05, 0.1) is 25.7 Å². The van der Waals surface area contributed by atoms with Crippen molar-refractivity contribution in [3.63, 3.8) is 0 Å². The van der Waals surface area contributed by atoms with Gasteiger partial charge >= 0.3 is 5.63 Å². The summed E-state index contributed by atoms with van der Waals surface area (Å²) in [5, 5.41) is 0.695. The maximum absolute atomic E-state index is 12.4. The van der Waals surface area contributed by atoms with Crippen molar-refractivity contribution in [3.05, 3.63) is 40.8 Å². The first kappa shape index (κ1) is 24.8. The van der Waals surface area contributed by atoms with Crippen molar-refractivity contribution in [2.45, 2.75) is 78.1 Å². The molecule has 0 amide bonds. The summed E-state index contributed by atoms with van der Waals surface area (Å²) in [5.74, 6) is 1.21. The highest BCUT2D eigenvalue weighted by Crippen LogP contribution is 2.34. The van der Waals surface area contributed by atoms with Gasteiger partial charge in [-0.15, -0.1) is 0 Å². The van der Waals surface area contributed by atoms with E-state index in [4.69, 9.17) is 18.6 Å². The molecule has 0 aliphatic rings. The first-order valence-corrected chi connectivity index (χ1v) is 11.8. The summed E-state index contributed by atoms with van der Waals surface area (Å²) >= 11 is 0. The number of methoxy groups -OCH3 is 1. The van der Waals surface area contributed by atoms with E-state index in [0.717, 1.165) is 19.3 Å². The van der Waals surface area contributed by atoms with Gasteiger partial charge in [0, 0.05) is 6.07 Å². The van der Waals surface area contributed by atoms with Crippen molar-refractivity contribution in [1.29, 1.82) is 0 Å². The lowest BCUT2D eigenvalue weighted by atomic mass is 10.1. The molecule has 1 aromatic carbocycles. The molecule has 5 nitrogen and oxygen atoms in total. The second-order valence-electron chi connectivity index (χ2n) is 7.75. The van der Waals surface area contributed by atoms with Crippen LogP contribution in [-0.4, -0.2) is 20.3 Å². The van der Waals surface area contributed by atoms with Crippen LogP contribution in [0.2, 0.25) is 0 Å². The fraction of sp³-hybridized carbons (Fsp3) is 0.577. The Morgan fingerprint density at radius 3 is 2.32 bits per heavy atom. The van der Waals surface area contributed by atoms with Crippen LogP contribution in [0.1, 0.15) is 78.1 Å². The van der Waals surface area contributed by atoms with E-state index in [1.54, 1.807) is 6.07 Å². The van der Waals surface area contributed by atoms with Crippen LogP contribution in [0.3, 0.4) is 0 Å². The van der Waals surface area contributed by atoms with Gasteiger partial charge in [0.1, 0.15) is 11.3 Å². The average molecular weight is 431 g/mol. The molecule has 0 aliphatic heterocycles. The van der Waals surface area contributed by atoms with Gasteiger partial charge in [0.15, 0.2) is 5.75 Å². The number of fused-ring (bicyclic) bond motifs is 1. The van der Waals surface area contributed by atoms with E-state index in [-0.39, 0.29) is 5.75 Å². The smallest absolute Gasteiger partial charge is 0.383 e. The van der Waals surface area contributed by atoms with Crippen LogP contribution in [0.4, 0.5) is 0 Å². The lowest BCUT2D eigenvalue weighted by molar-refractivity contribution is 0.285. The number of unbranched alkanes of at least 4 members (excludes halogenated alkanes) is 7. The number of rotatable bonds is 16. The lowest BCUT2D eigenvalue weighted by Gasteiger charge is -2.12. The second kappa shape index (κ2) is 14.6. The minimum atomic E-state index is -0.538. The summed E-state index contributed by atoms with van der Waals surface area (Å²) in [7, 11) is 1.53. The van der Waals surface area contributed by atoms with Gasteiger partial charge in [-0.05, 0) is 31.4 Å². The Hall–Kier alpha value is -2.43. The zero-order valence-electron chi connectivity index (χ0n) is 19.4. The number of hydrogen-bond donors (Lipinski definition) is 0. The van der Waals surface area contributed by atoms with Crippen molar-refractivity contribution in [2.24, 2.45) is 0 Å². The first-order valence-electron chi connectivity index (χ1n) is 11.8. The quantitative estimate of drug-likeness (QED) is 0.162. The topological polar surface area (TPSA) is 57.9 Å². The maximum Gasteiger partial charge on any atom is 0.383 e. The molecule has 0 spiro atoms. The summed E-state index contributed by atoms with van der Waals surface area (Å²) in [6.45, 7) is 5.37. The highest BCUT2D eigenvalue weighted by molar-refractivity contribution is 5.86. The van der Waals surface area contributed by atoms with Crippen molar-refractivity contribution in [1.82, 2.24) is 0 Å². The Morgan fingerprint density at radius 1 is 0.871 bits per heavy atom. The molecule has 0 saturated heterocycles. The molecule has 1 aromatic heterocycles. The van der Waals surface area contributed by atoms with Crippen LogP contribution in [0.25, 0.3) is 11.0 Å². The van der Waals surface area contributed by atoms with Crippen molar-refractivity contribution in [3.8, 4) is 17.2 Å². The molecule has 1 heterocycles. The van der Waals surface area contributed by atoms with Gasteiger partial charge in [-0.1, -0.05) is 70.9 Å². The van der Waals surface area contributed by atoms with Crippen LogP contribution in [0.15, 0.2) is 39.6 Å². The van der Waals surface area contributed by atoms with Gasteiger partial charge < -0.3 is 18.6 Å². The summed E-state index contributed by atoms with van der Waals surface area (Å²) in [4.78, 5) is 12.4. The molecule has 0 saturated carbocycles. The molecule has 5 heteroatoms. The summed E-state index contributed by atoms with van der Waals surface area (Å²) in [6.07, 6.45) is 15.9. The first-order chi connectivity index (χ1) is 15.2. The number of benzene rings is 1. The molecule has 2 aromatic rings. The molecule has 0 aliphatic carbocycles.